The maximum absolute atomic E-state index is 11.4. The van der Waals surface area contributed by atoms with Crippen LogP contribution in [0.5, 0.6) is 5.75 Å². The molecule has 0 heterocycles. The van der Waals surface area contributed by atoms with E-state index in [0.717, 1.165) is 15.6 Å². The summed E-state index contributed by atoms with van der Waals surface area (Å²) >= 11 is 6.92. The lowest BCUT2D eigenvalue weighted by Crippen LogP contribution is -2.14. The van der Waals surface area contributed by atoms with Crippen LogP contribution in [0.4, 0.5) is 0 Å². The average molecular weight is 378 g/mol. The molecular formula is C13H14Br2O3. The molecular weight excluding hydrogens is 364 g/mol. The van der Waals surface area contributed by atoms with Crippen LogP contribution in [0.2, 0.25) is 0 Å². The molecule has 2 rings (SSSR count). The minimum atomic E-state index is -0.346. The van der Waals surface area contributed by atoms with Gasteiger partial charge in [0.2, 0.25) is 0 Å². The van der Waals surface area contributed by atoms with Crippen LogP contribution in [0.15, 0.2) is 22.7 Å². The predicted molar refractivity (Wildman–Crippen MR) is 76.4 cm³/mol. The average Bonchev–Trinajstić information content (AvgIpc) is 3.17. The fourth-order valence-electron chi connectivity index (χ4n) is 1.59. The second-order valence-corrected chi connectivity index (χ2v) is 5.97. The van der Waals surface area contributed by atoms with Gasteiger partial charge in [-0.3, -0.25) is 0 Å². The molecule has 1 aromatic rings. The topological polar surface area (TPSA) is 35.5 Å². The first-order chi connectivity index (χ1) is 8.60. The Kier molecular flexibility index (Phi) is 4.33. The zero-order valence-corrected chi connectivity index (χ0v) is 13.2. The molecule has 0 atom stereocenters. The Hall–Kier alpha value is -0.550. The van der Waals surface area contributed by atoms with Crippen LogP contribution in [0, 0.1) is 5.41 Å². The molecule has 1 aliphatic carbocycles. The number of methoxy groups -OCH3 is 1. The smallest absolute Gasteiger partial charge is 0.337 e. The highest BCUT2D eigenvalue weighted by Crippen LogP contribution is 2.47. The van der Waals surface area contributed by atoms with E-state index in [9.17, 15) is 4.79 Å². The van der Waals surface area contributed by atoms with Crippen LogP contribution in [-0.4, -0.2) is 25.0 Å². The summed E-state index contributed by atoms with van der Waals surface area (Å²) in [5, 5.41) is 0.970. The Labute approximate surface area is 123 Å². The number of alkyl halides is 1. The molecule has 1 saturated carbocycles. The molecule has 0 amide bonds. The van der Waals surface area contributed by atoms with E-state index in [2.05, 4.69) is 36.6 Å². The highest BCUT2D eigenvalue weighted by Gasteiger charge is 2.42. The minimum absolute atomic E-state index is 0.306. The molecule has 5 heteroatoms. The second-order valence-electron chi connectivity index (χ2n) is 4.56. The van der Waals surface area contributed by atoms with Crippen molar-refractivity contribution in [2.75, 3.05) is 19.0 Å². The number of hydrogen-bond donors (Lipinski definition) is 0. The molecule has 0 aromatic heterocycles. The van der Waals surface area contributed by atoms with Gasteiger partial charge in [0.15, 0.2) is 0 Å². The van der Waals surface area contributed by atoms with Gasteiger partial charge in [-0.25, -0.2) is 4.79 Å². The Balaban J connectivity index is 2.03. The van der Waals surface area contributed by atoms with Crippen LogP contribution >= 0.6 is 31.9 Å². The minimum Gasteiger partial charge on any atom is -0.492 e. The van der Waals surface area contributed by atoms with Crippen molar-refractivity contribution in [3.63, 3.8) is 0 Å². The third-order valence-corrected chi connectivity index (χ3v) is 4.94. The van der Waals surface area contributed by atoms with E-state index in [-0.39, 0.29) is 5.97 Å². The molecule has 18 heavy (non-hydrogen) atoms. The summed E-state index contributed by atoms with van der Waals surface area (Å²) in [5.41, 5.74) is 0.818. The summed E-state index contributed by atoms with van der Waals surface area (Å²) < 4.78 is 11.2. The number of hydrogen-bond acceptors (Lipinski definition) is 3. The third-order valence-electron chi connectivity index (χ3n) is 3.13. The van der Waals surface area contributed by atoms with Gasteiger partial charge in [-0.1, -0.05) is 15.9 Å². The summed E-state index contributed by atoms with van der Waals surface area (Å²) in [6, 6.07) is 5.22. The van der Waals surface area contributed by atoms with Crippen molar-refractivity contribution in [2.45, 2.75) is 12.8 Å². The van der Waals surface area contributed by atoms with Crippen molar-refractivity contribution in [3.05, 3.63) is 28.2 Å². The zero-order chi connectivity index (χ0) is 13.2. The van der Waals surface area contributed by atoms with Gasteiger partial charge in [0.05, 0.1) is 23.8 Å². The number of rotatable bonds is 5. The molecule has 98 valence electrons. The van der Waals surface area contributed by atoms with Crippen LogP contribution in [-0.2, 0) is 4.74 Å². The summed E-state index contributed by atoms with van der Waals surface area (Å²) in [4.78, 5) is 11.4. The zero-order valence-electron chi connectivity index (χ0n) is 10.0. The highest BCUT2D eigenvalue weighted by molar-refractivity contribution is 9.10. The SMILES string of the molecule is COC(=O)c1ccc(OCC2(CBr)CC2)c(Br)c1. The molecule has 1 aromatic carbocycles. The Bertz CT molecular complexity index is 456. The van der Waals surface area contributed by atoms with Gasteiger partial charge >= 0.3 is 5.97 Å². The van der Waals surface area contributed by atoms with Crippen molar-refractivity contribution in [1.82, 2.24) is 0 Å². The van der Waals surface area contributed by atoms with Crippen LogP contribution in [0.3, 0.4) is 0 Å². The van der Waals surface area contributed by atoms with E-state index in [4.69, 9.17) is 4.74 Å². The monoisotopic (exact) mass is 376 g/mol. The Morgan fingerprint density at radius 1 is 1.44 bits per heavy atom. The van der Waals surface area contributed by atoms with Crippen molar-refractivity contribution >= 4 is 37.8 Å². The van der Waals surface area contributed by atoms with E-state index in [1.807, 2.05) is 0 Å². The number of halogens is 2. The number of carbonyl (C=O) groups is 1. The first-order valence-corrected chi connectivity index (χ1v) is 7.58. The van der Waals surface area contributed by atoms with Crippen molar-refractivity contribution in [2.24, 2.45) is 5.41 Å². The van der Waals surface area contributed by atoms with Gasteiger partial charge in [-0.2, -0.15) is 0 Å². The molecule has 0 bridgehead atoms. The lowest BCUT2D eigenvalue weighted by Gasteiger charge is -2.14. The van der Waals surface area contributed by atoms with Crippen LogP contribution in [0.1, 0.15) is 23.2 Å². The fourth-order valence-corrected chi connectivity index (χ4v) is 2.80. The number of carbonyl (C=O) groups excluding carboxylic acids is 1. The van der Waals surface area contributed by atoms with Gasteiger partial charge in [0.25, 0.3) is 0 Å². The summed E-state index contributed by atoms with van der Waals surface area (Å²) in [6.45, 7) is 0.703. The molecule has 3 nitrogen and oxygen atoms in total. The molecule has 1 aliphatic rings. The van der Waals surface area contributed by atoms with E-state index in [0.29, 0.717) is 17.6 Å². The lowest BCUT2D eigenvalue weighted by atomic mass is 10.2. The van der Waals surface area contributed by atoms with E-state index < -0.39 is 0 Å². The molecule has 0 aliphatic heterocycles. The molecule has 0 spiro atoms. The van der Waals surface area contributed by atoms with Crippen molar-refractivity contribution < 1.29 is 14.3 Å². The van der Waals surface area contributed by atoms with Gasteiger partial charge in [-0.05, 0) is 47.0 Å². The van der Waals surface area contributed by atoms with Gasteiger partial charge in [0.1, 0.15) is 5.75 Å². The largest absolute Gasteiger partial charge is 0.492 e. The Morgan fingerprint density at radius 3 is 2.67 bits per heavy atom. The summed E-state index contributed by atoms with van der Waals surface area (Å²) in [7, 11) is 1.37. The number of esters is 1. The quantitative estimate of drug-likeness (QED) is 0.578. The fraction of sp³-hybridized carbons (Fsp3) is 0.462. The van der Waals surface area contributed by atoms with Crippen LogP contribution in [0.25, 0.3) is 0 Å². The summed E-state index contributed by atoms with van der Waals surface area (Å²) in [5.74, 6) is 0.413. The van der Waals surface area contributed by atoms with Gasteiger partial charge in [-0.15, -0.1) is 0 Å². The third kappa shape index (κ3) is 3.06. The predicted octanol–water partition coefficient (Wildman–Crippen LogP) is 3.79. The van der Waals surface area contributed by atoms with Gasteiger partial charge in [0, 0.05) is 10.7 Å². The van der Waals surface area contributed by atoms with E-state index >= 15 is 0 Å². The van der Waals surface area contributed by atoms with Crippen molar-refractivity contribution in [1.29, 1.82) is 0 Å². The van der Waals surface area contributed by atoms with Crippen LogP contribution < -0.4 is 4.74 Å². The molecule has 0 unspecified atom stereocenters. The first-order valence-electron chi connectivity index (χ1n) is 5.67. The lowest BCUT2D eigenvalue weighted by molar-refractivity contribution is 0.0600. The van der Waals surface area contributed by atoms with E-state index in [1.54, 1.807) is 18.2 Å². The molecule has 1 fully saturated rings. The number of ether oxygens (including phenoxy) is 2. The standard InChI is InChI=1S/C13H14Br2O3/c1-17-12(16)9-2-3-11(10(15)6-9)18-8-13(7-14)4-5-13/h2-3,6H,4-5,7-8H2,1H3. The highest BCUT2D eigenvalue weighted by atomic mass is 79.9. The molecule has 0 radical (unpaired) electrons. The maximum Gasteiger partial charge on any atom is 0.337 e. The second kappa shape index (κ2) is 5.61. The normalized spacial score (nSPS) is 16.2. The van der Waals surface area contributed by atoms with Crippen molar-refractivity contribution in [3.8, 4) is 5.75 Å². The molecule has 0 saturated heterocycles. The summed E-state index contributed by atoms with van der Waals surface area (Å²) in [6.07, 6.45) is 2.41. The number of benzene rings is 1. The van der Waals surface area contributed by atoms with E-state index in [1.165, 1.54) is 20.0 Å². The maximum atomic E-state index is 11.4. The molecule has 0 N–H and O–H groups in total. The van der Waals surface area contributed by atoms with Gasteiger partial charge < -0.3 is 9.47 Å². The first kappa shape index (κ1) is 13.9. The Morgan fingerprint density at radius 2 is 2.17 bits per heavy atom.